The molecule has 0 radical (unpaired) electrons. The van der Waals surface area contributed by atoms with Gasteiger partial charge in [0.15, 0.2) is 10.6 Å². The Morgan fingerprint density at radius 2 is 1.68 bits per heavy atom. The third-order valence-corrected chi connectivity index (χ3v) is 4.36. The Labute approximate surface area is 132 Å². The lowest BCUT2D eigenvalue weighted by atomic mass is 10.2. The summed E-state index contributed by atoms with van der Waals surface area (Å²) in [7, 11) is -3.87. The molecule has 2 aromatic carbocycles. The second kappa shape index (κ2) is 5.48. The molecule has 0 aliphatic heterocycles. The highest BCUT2D eigenvalue weighted by Crippen LogP contribution is 2.27. The first kappa shape index (κ1) is 14.6. The van der Waals surface area contributed by atoms with Gasteiger partial charge in [0.2, 0.25) is 10.0 Å². The predicted molar refractivity (Wildman–Crippen MR) is 85.6 cm³/mol. The number of nitrogens with zero attached hydrogens (tertiary/aromatic N) is 2. The van der Waals surface area contributed by atoms with Gasteiger partial charge in [0.05, 0.1) is 4.90 Å². The Bertz CT molecular complexity index is 975. The van der Waals surface area contributed by atoms with Gasteiger partial charge in [-0.15, -0.1) is 0 Å². The molecule has 0 amide bonds. The van der Waals surface area contributed by atoms with E-state index >= 15 is 0 Å². The Hall–Kier alpha value is -2.29. The van der Waals surface area contributed by atoms with Crippen molar-refractivity contribution in [2.24, 2.45) is 5.14 Å². The summed E-state index contributed by atoms with van der Waals surface area (Å²) in [5, 5.41) is 12.1. The van der Waals surface area contributed by atoms with Crippen LogP contribution in [-0.2, 0) is 10.0 Å². The van der Waals surface area contributed by atoms with Gasteiger partial charge >= 0.3 is 0 Å². The summed E-state index contributed by atoms with van der Waals surface area (Å²) in [5.41, 5.74) is 1.17. The number of rotatable bonds is 3. The van der Waals surface area contributed by atoms with Crippen molar-refractivity contribution in [1.82, 2.24) is 14.8 Å². The first-order valence-electron chi connectivity index (χ1n) is 6.33. The number of aromatic amines is 1. The molecule has 0 unspecified atom stereocenters. The monoisotopic (exact) mass is 332 g/mol. The van der Waals surface area contributed by atoms with Crippen LogP contribution in [0.5, 0.6) is 0 Å². The lowest BCUT2D eigenvalue weighted by molar-refractivity contribution is 0.598. The second-order valence-electron chi connectivity index (χ2n) is 4.56. The molecule has 0 aliphatic rings. The van der Waals surface area contributed by atoms with Crippen molar-refractivity contribution in [3.63, 3.8) is 0 Å². The number of aromatic nitrogens is 3. The van der Waals surface area contributed by atoms with E-state index < -0.39 is 10.0 Å². The van der Waals surface area contributed by atoms with Gasteiger partial charge in [0.1, 0.15) is 0 Å². The SMILES string of the molecule is NS(=O)(=O)c1ccccc1-c1n[nH]c(=S)n1-c1ccccc1. The van der Waals surface area contributed by atoms with Crippen molar-refractivity contribution < 1.29 is 8.42 Å². The smallest absolute Gasteiger partial charge is 0.238 e. The van der Waals surface area contributed by atoms with E-state index in [1.807, 2.05) is 30.3 Å². The molecule has 112 valence electrons. The van der Waals surface area contributed by atoms with Crippen molar-refractivity contribution in [2.75, 3.05) is 0 Å². The highest BCUT2D eigenvalue weighted by Gasteiger charge is 2.19. The van der Waals surface area contributed by atoms with Crippen molar-refractivity contribution in [3.8, 4) is 17.1 Å². The largest absolute Gasteiger partial charge is 0.268 e. The van der Waals surface area contributed by atoms with E-state index in [1.165, 1.54) is 6.07 Å². The Kier molecular flexibility index (Phi) is 3.65. The molecule has 3 rings (SSSR count). The molecular formula is C14H12N4O2S2. The Morgan fingerprint density at radius 1 is 1.05 bits per heavy atom. The van der Waals surface area contributed by atoms with Crippen molar-refractivity contribution in [2.45, 2.75) is 4.90 Å². The normalized spacial score (nSPS) is 11.5. The van der Waals surface area contributed by atoms with E-state index in [0.29, 0.717) is 16.2 Å². The zero-order chi connectivity index (χ0) is 15.7. The number of H-pyrrole nitrogens is 1. The quantitative estimate of drug-likeness (QED) is 0.719. The average molecular weight is 332 g/mol. The van der Waals surface area contributed by atoms with E-state index in [9.17, 15) is 8.42 Å². The highest BCUT2D eigenvalue weighted by atomic mass is 32.2. The van der Waals surface area contributed by atoms with Gasteiger partial charge < -0.3 is 0 Å². The molecule has 0 aliphatic carbocycles. The van der Waals surface area contributed by atoms with Crippen molar-refractivity contribution in [1.29, 1.82) is 0 Å². The fraction of sp³-hybridized carbons (Fsp3) is 0. The third kappa shape index (κ3) is 2.59. The summed E-state index contributed by atoms with van der Waals surface area (Å²) in [6, 6.07) is 15.7. The van der Waals surface area contributed by atoms with Crippen LogP contribution in [0.25, 0.3) is 17.1 Å². The maximum absolute atomic E-state index is 11.8. The van der Waals surface area contributed by atoms with Gasteiger partial charge in [0.25, 0.3) is 0 Å². The number of nitrogens with two attached hydrogens (primary N) is 1. The van der Waals surface area contributed by atoms with Crippen molar-refractivity contribution in [3.05, 3.63) is 59.4 Å². The molecule has 22 heavy (non-hydrogen) atoms. The molecule has 0 spiro atoms. The Morgan fingerprint density at radius 3 is 2.36 bits per heavy atom. The van der Waals surface area contributed by atoms with Crippen LogP contribution in [0.15, 0.2) is 59.5 Å². The standard InChI is InChI=1S/C14H12N4O2S2/c15-22(19,20)12-9-5-4-8-11(12)13-16-17-14(21)18(13)10-6-2-1-3-7-10/h1-9H,(H,17,21)(H2,15,19,20). The van der Waals surface area contributed by atoms with Gasteiger partial charge in [0, 0.05) is 11.3 Å². The number of benzene rings is 2. The molecule has 3 aromatic rings. The molecule has 8 heteroatoms. The van der Waals surface area contributed by atoms with Crippen LogP contribution in [0.3, 0.4) is 0 Å². The average Bonchev–Trinajstić information content (AvgIpc) is 2.89. The predicted octanol–water partition coefficient (Wildman–Crippen LogP) is 2.24. The molecular weight excluding hydrogens is 320 g/mol. The first-order chi connectivity index (χ1) is 10.5. The van der Waals surface area contributed by atoms with Gasteiger partial charge in [-0.3, -0.25) is 9.67 Å². The number of primary sulfonamides is 1. The molecule has 0 saturated heterocycles. The lowest BCUT2D eigenvalue weighted by Crippen LogP contribution is -2.14. The number of hydrogen-bond donors (Lipinski definition) is 2. The fourth-order valence-electron chi connectivity index (χ4n) is 2.19. The molecule has 0 fully saturated rings. The van der Waals surface area contributed by atoms with Gasteiger partial charge in [-0.25, -0.2) is 13.6 Å². The molecule has 6 nitrogen and oxygen atoms in total. The summed E-state index contributed by atoms with van der Waals surface area (Å²) in [5.74, 6) is 0.390. The molecule has 1 aromatic heterocycles. The summed E-state index contributed by atoms with van der Waals surface area (Å²) >= 11 is 5.26. The first-order valence-corrected chi connectivity index (χ1v) is 8.29. The maximum Gasteiger partial charge on any atom is 0.238 e. The van der Waals surface area contributed by atoms with Crippen LogP contribution in [0, 0.1) is 4.77 Å². The van der Waals surface area contributed by atoms with Crippen LogP contribution in [-0.4, -0.2) is 23.2 Å². The van der Waals surface area contributed by atoms with E-state index in [2.05, 4.69) is 10.2 Å². The summed E-state index contributed by atoms with van der Waals surface area (Å²) < 4.78 is 25.6. The van der Waals surface area contributed by atoms with E-state index in [1.54, 1.807) is 22.8 Å². The molecule has 3 N–H and O–H groups in total. The zero-order valence-corrected chi connectivity index (χ0v) is 12.9. The van der Waals surface area contributed by atoms with E-state index in [0.717, 1.165) is 5.69 Å². The minimum Gasteiger partial charge on any atom is -0.268 e. The number of nitrogens with one attached hydrogen (secondary N) is 1. The number of para-hydroxylation sites is 1. The molecule has 0 bridgehead atoms. The van der Waals surface area contributed by atoms with Crippen LogP contribution in [0.4, 0.5) is 0 Å². The summed E-state index contributed by atoms with van der Waals surface area (Å²) in [6.07, 6.45) is 0. The van der Waals surface area contributed by atoms with Crippen LogP contribution >= 0.6 is 12.2 Å². The fourth-order valence-corrected chi connectivity index (χ4v) is 3.17. The van der Waals surface area contributed by atoms with Crippen LogP contribution < -0.4 is 5.14 Å². The third-order valence-electron chi connectivity index (χ3n) is 3.12. The van der Waals surface area contributed by atoms with Crippen LogP contribution in [0.2, 0.25) is 0 Å². The lowest BCUT2D eigenvalue weighted by Gasteiger charge is -2.09. The topological polar surface area (TPSA) is 93.8 Å². The van der Waals surface area contributed by atoms with Crippen molar-refractivity contribution >= 4 is 22.2 Å². The Balaban J connectivity index is 2.31. The second-order valence-corrected chi connectivity index (χ2v) is 6.48. The van der Waals surface area contributed by atoms with E-state index in [-0.39, 0.29) is 4.90 Å². The number of hydrogen-bond acceptors (Lipinski definition) is 4. The van der Waals surface area contributed by atoms with E-state index in [4.69, 9.17) is 17.4 Å². The zero-order valence-electron chi connectivity index (χ0n) is 11.3. The van der Waals surface area contributed by atoms with Gasteiger partial charge in [-0.05, 0) is 36.5 Å². The van der Waals surface area contributed by atoms with Gasteiger partial charge in [-0.1, -0.05) is 30.3 Å². The maximum atomic E-state index is 11.8. The summed E-state index contributed by atoms with van der Waals surface area (Å²) in [4.78, 5) is 0.00109. The summed E-state index contributed by atoms with van der Waals surface area (Å²) in [6.45, 7) is 0. The number of sulfonamides is 1. The molecule has 0 atom stereocenters. The molecule has 0 saturated carbocycles. The minimum absolute atomic E-state index is 0.00109. The molecule has 1 heterocycles. The van der Waals surface area contributed by atoms with Gasteiger partial charge in [-0.2, -0.15) is 5.10 Å². The van der Waals surface area contributed by atoms with Crippen LogP contribution in [0.1, 0.15) is 0 Å². The minimum atomic E-state index is -3.87. The highest BCUT2D eigenvalue weighted by molar-refractivity contribution is 7.89.